The minimum Gasteiger partial charge on any atom is -0.478 e. The van der Waals surface area contributed by atoms with Crippen LogP contribution >= 0.6 is 0 Å². The molecule has 0 spiro atoms. The van der Waals surface area contributed by atoms with E-state index in [-0.39, 0.29) is 5.56 Å². The Labute approximate surface area is 107 Å². The van der Waals surface area contributed by atoms with E-state index >= 15 is 0 Å². The summed E-state index contributed by atoms with van der Waals surface area (Å²) in [4.78, 5) is 10.2. The number of benzene rings is 1. The quantitative estimate of drug-likeness (QED) is 0.700. The van der Waals surface area contributed by atoms with Gasteiger partial charge in [-0.15, -0.1) is 0 Å². The molecule has 0 radical (unpaired) electrons. The summed E-state index contributed by atoms with van der Waals surface area (Å²) in [5.74, 6) is -4.92. The molecule has 0 saturated heterocycles. The van der Waals surface area contributed by atoms with E-state index in [0.717, 1.165) is 12.1 Å². The zero-order chi connectivity index (χ0) is 14.7. The van der Waals surface area contributed by atoms with Gasteiger partial charge in [0.05, 0.1) is 17.0 Å². The maximum atomic E-state index is 12.7. The summed E-state index contributed by atoms with van der Waals surface area (Å²) in [5.41, 5.74) is -0.281. The van der Waals surface area contributed by atoms with Crippen molar-refractivity contribution in [3.8, 4) is 0 Å². The van der Waals surface area contributed by atoms with Crippen LogP contribution < -0.4 is 4.72 Å². The number of halogens is 2. The first-order valence-corrected chi connectivity index (χ1v) is 6.48. The van der Waals surface area contributed by atoms with Crippen molar-refractivity contribution in [2.45, 2.75) is 10.8 Å². The zero-order valence-corrected chi connectivity index (χ0v) is 10.3. The Morgan fingerprint density at radius 2 is 2.00 bits per heavy atom. The van der Waals surface area contributed by atoms with Gasteiger partial charge in [0, 0.05) is 0 Å². The molecule has 0 heterocycles. The fourth-order valence-electron chi connectivity index (χ4n) is 1.14. The highest BCUT2D eigenvalue weighted by atomic mass is 32.2. The van der Waals surface area contributed by atoms with Gasteiger partial charge >= 0.3 is 5.97 Å². The number of rotatable bonds is 6. The fourth-order valence-corrected chi connectivity index (χ4v) is 2.24. The molecule has 0 aromatic heterocycles. The summed E-state index contributed by atoms with van der Waals surface area (Å²) < 4.78 is 50.4. The molecule has 1 aromatic carbocycles. The number of carboxylic acid groups (broad SMARTS) is 1. The van der Waals surface area contributed by atoms with E-state index in [0.29, 0.717) is 0 Å². The highest BCUT2D eigenvalue weighted by Crippen LogP contribution is 2.14. The average Bonchev–Trinajstić information content (AvgIpc) is 2.37. The van der Waals surface area contributed by atoms with Gasteiger partial charge < -0.3 is 10.2 Å². The lowest BCUT2D eigenvalue weighted by Gasteiger charge is -2.14. The van der Waals surface area contributed by atoms with Crippen LogP contribution in [0, 0.1) is 0 Å². The molecule has 9 heteroatoms. The molecule has 0 aliphatic rings. The van der Waals surface area contributed by atoms with Gasteiger partial charge in [0.1, 0.15) is 6.61 Å². The summed E-state index contributed by atoms with van der Waals surface area (Å²) in [5, 5.41) is 17.0. The van der Waals surface area contributed by atoms with Crippen LogP contribution in [0.5, 0.6) is 0 Å². The summed E-state index contributed by atoms with van der Waals surface area (Å²) in [6.45, 7) is -2.77. The van der Waals surface area contributed by atoms with E-state index < -0.39 is 40.0 Å². The molecule has 3 N–H and O–H groups in total. The number of alkyl halides is 2. The minimum absolute atomic E-state index is 0.281. The highest BCUT2D eigenvalue weighted by Gasteiger charge is 2.30. The lowest BCUT2D eigenvalue weighted by Crippen LogP contribution is -2.38. The summed E-state index contributed by atoms with van der Waals surface area (Å²) >= 11 is 0. The highest BCUT2D eigenvalue weighted by molar-refractivity contribution is 7.89. The number of hydrogen-bond donors (Lipinski definition) is 3. The van der Waals surface area contributed by atoms with Crippen LogP contribution in [0.25, 0.3) is 0 Å². The smallest absolute Gasteiger partial charge is 0.335 e. The normalized spacial score (nSPS) is 12.4. The number of hydrogen-bond acceptors (Lipinski definition) is 4. The Hall–Kier alpha value is -1.58. The van der Waals surface area contributed by atoms with Crippen molar-refractivity contribution in [2.24, 2.45) is 0 Å². The maximum absolute atomic E-state index is 12.7. The van der Waals surface area contributed by atoms with Gasteiger partial charge in [-0.25, -0.2) is 26.7 Å². The Morgan fingerprint density at radius 3 is 2.53 bits per heavy atom. The van der Waals surface area contributed by atoms with Gasteiger partial charge in [-0.2, -0.15) is 0 Å². The number of aliphatic hydroxyl groups excluding tert-OH is 1. The molecule has 0 atom stereocenters. The van der Waals surface area contributed by atoms with Crippen LogP contribution in [0.2, 0.25) is 0 Å². The fraction of sp³-hybridized carbons (Fsp3) is 0.300. The van der Waals surface area contributed by atoms with Gasteiger partial charge in [-0.3, -0.25) is 0 Å². The molecule has 1 aromatic rings. The molecule has 1 rings (SSSR count). The summed E-state index contributed by atoms with van der Waals surface area (Å²) in [6, 6.07) is 4.28. The van der Waals surface area contributed by atoms with Crippen LogP contribution in [-0.4, -0.2) is 43.7 Å². The van der Waals surface area contributed by atoms with Crippen LogP contribution in [0.4, 0.5) is 8.78 Å². The van der Waals surface area contributed by atoms with Gasteiger partial charge in [0.2, 0.25) is 10.0 Å². The Morgan fingerprint density at radius 1 is 1.37 bits per heavy atom. The summed E-state index contributed by atoms with van der Waals surface area (Å²) in [7, 11) is -4.26. The van der Waals surface area contributed by atoms with Crippen LogP contribution in [0.1, 0.15) is 10.4 Å². The number of aliphatic hydroxyl groups is 1. The van der Waals surface area contributed by atoms with E-state index in [1.54, 1.807) is 4.72 Å². The van der Waals surface area contributed by atoms with Crippen molar-refractivity contribution >= 4 is 16.0 Å². The number of carboxylic acids is 1. The van der Waals surface area contributed by atoms with Crippen LogP contribution in [0.15, 0.2) is 29.2 Å². The average molecular weight is 295 g/mol. The second-order valence-corrected chi connectivity index (χ2v) is 5.44. The predicted molar refractivity (Wildman–Crippen MR) is 60.6 cm³/mol. The van der Waals surface area contributed by atoms with Crippen molar-refractivity contribution in [3.63, 3.8) is 0 Å². The monoisotopic (exact) mass is 295 g/mol. The number of nitrogens with one attached hydrogen (secondary N) is 1. The predicted octanol–water partition coefficient (Wildman–Crippen LogP) is 0.291. The first kappa shape index (κ1) is 15.5. The lowest BCUT2D eigenvalue weighted by molar-refractivity contribution is -0.0437. The molecule has 0 saturated carbocycles. The second-order valence-electron chi connectivity index (χ2n) is 3.67. The van der Waals surface area contributed by atoms with Crippen molar-refractivity contribution in [2.75, 3.05) is 13.2 Å². The number of aromatic carboxylic acids is 1. The molecular weight excluding hydrogens is 284 g/mol. The Bertz CT molecular complexity index is 573. The molecule has 6 nitrogen and oxygen atoms in total. The summed E-state index contributed by atoms with van der Waals surface area (Å²) in [6.07, 6.45) is 0. The van der Waals surface area contributed by atoms with E-state index in [9.17, 15) is 22.0 Å². The van der Waals surface area contributed by atoms with Crippen LogP contribution in [0.3, 0.4) is 0 Å². The van der Waals surface area contributed by atoms with Gasteiger partial charge in [0.15, 0.2) is 0 Å². The molecule has 0 bridgehead atoms. The van der Waals surface area contributed by atoms with Crippen molar-refractivity contribution in [1.82, 2.24) is 4.72 Å². The number of carbonyl (C=O) groups is 1. The molecule has 0 aliphatic carbocycles. The van der Waals surface area contributed by atoms with Gasteiger partial charge in [-0.1, -0.05) is 6.07 Å². The van der Waals surface area contributed by atoms with Crippen molar-refractivity contribution < 1.29 is 32.2 Å². The van der Waals surface area contributed by atoms with E-state index in [1.807, 2.05) is 0 Å². The molecular formula is C10H11F2NO5S. The van der Waals surface area contributed by atoms with Gasteiger partial charge in [0.25, 0.3) is 5.92 Å². The topological polar surface area (TPSA) is 104 Å². The first-order chi connectivity index (χ1) is 8.68. The molecule has 0 fully saturated rings. The van der Waals surface area contributed by atoms with E-state index in [2.05, 4.69) is 0 Å². The SMILES string of the molecule is O=C(O)c1cccc(S(=O)(=O)NCC(F)(F)CO)c1. The van der Waals surface area contributed by atoms with Crippen molar-refractivity contribution in [1.29, 1.82) is 0 Å². The third-order valence-corrected chi connectivity index (χ3v) is 3.54. The second kappa shape index (κ2) is 5.59. The van der Waals surface area contributed by atoms with Gasteiger partial charge in [-0.05, 0) is 18.2 Å². The van der Waals surface area contributed by atoms with E-state index in [1.165, 1.54) is 12.1 Å². The van der Waals surface area contributed by atoms with Crippen LogP contribution in [-0.2, 0) is 10.0 Å². The third kappa shape index (κ3) is 4.23. The molecule has 19 heavy (non-hydrogen) atoms. The zero-order valence-electron chi connectivity index (χ0n) is 9.51. The van der Waals surface area contributed by atoms with E-state index in [4.69, 9.17) is 10.2 Å². The number of sulfonamides is 1. The Kier molecular flexibility index (Phi) is 4.56. The molecule has 0 aliphatic heterocycles. The largest absolute Gasteiger partial charge is 0.478 e. The molecule has 0 unspecified atom stereocenters. The minimum atomic E-state index is -4.26. The maximum Gasteiger partial charge on any atom is 0.335 e. The first-order valence-electron chi connectivity index (χ1n) is 5.00. The molecule has 106 valence electrons. The lowest BCUT2D eigenvalue weighted by atomic mass is 10.2. The third-order valence-electron chi connectivity index (χ3n) is 2.14. The molecule has 0 amide bonds. The standard InChI is InChI=1S/C10H11F2NO5S/c11-10(12,6-14)5-13-19(17,18)8-3-1-2-7(4-8)9(15)16/h1-4,13-14H,5-6H2,(H,15,16). The van der Waals surface area contributed by atoms with Crippen molar-refractivity contribution in [3.05, 3.63) is 29.8 Å². The Balaban J connectivity index is 2.95.